The Kier molecular flexibility index (Phi) is 6.53. The van der Waals surface area contributed by atoms with Crippen LogP contribution in [0.2, 0.25) is 0 Å². The van der Waals surface area contributed by atoms with Crippen LogP contribution in [0.5, 0.6) is 0 Å². The summed E-state index contributed by atoms with van der Waals surface area (Å²) < 4.78 is 27.6. The van der Waals surface area contributed by atoms with E-state index in [-0.39, 0.29) is 6.54 Å². The number of benzene rings is 1. The van der Waals surface area contributed by atoms with Gasteiger partial charge in [-0.15, -0.1) is 11.3 Å². The molecule has 10 heteroatoms. The molecule has 0 amide bonds. The molecule has 0 unspecified atom stereocenters. The zero-order valence-corrected chi connectivity index (χ0v) is 17.8. The van der Waals surface area contributed by atoms with Crippen molar-refractivity contribution >= 4 is 32.5 Å². The highest BCUT2D eigenvalue weighted by Crippen LogP contribution is 2.19. The molecule has 0 bridgehead atoms. The largest absolute Gasteiger partial charge is 0.370 e. The Labute approximate surface area is 170 Å². The monoisotopic (exact) mass is 422 g/mol. The lowest BCUT2D eigenvalue weighted by Crippen LogP contribution is -2.51. The molecular weight excluding hydrogens is 396 g/mol. The number of hydrogen-bond donors (Lipinski definition) is 2. The number of thiazole rings is 1. The summed E-state index contributed by atoms with van der Waals surface area (Å²) in [4.78, 5) is 13.2. The van der Waals surface area contributed by atoms with Crippen molar-refractivity contribution in [3.8, 4) is 0 Å². The van der Waals surface area contributed by atoms with E-state index < -0.39 is 10.0 Å². The average molecular weight is 423 g/mol. The highest BCUT2D eigenvalue weighted by molar-refractivity contribution is 7.89. The lowest BCUT2D eigenvalue weighted by atomic mass is 10.2. The molecular formula is C18H26N6O2S2. The van der Waals surface area contributed by atoms with E-state index in [1.54, 1.807) is 24.3 Å². The van der Waals surface area contributed by atoms with Crippen molar-refractivity contribution in [2.45, 2.75) is 18.7 Å². The highest BCUT2D eigenvalue weighted by atomic mass is 32.2. The zero-order chi connectivity index (χ0) is 20.1. The van der Waals surface area contributed by atoms with Gasteiger partial charge in [0.2, 0.25) is 10.0 Å². The summed E-state index contributed by atoms with van der Waals surface area (Å²) in [6, 6.07) is 5.39. The van der Waals surface area contributed by atoms with Crippen LogP contribution in [0.4, 0.5) is 5.13 Å². The lowest BCUT2D eigenvalue weighted by molar-refractivity contribution is 0.380. The van der Waals surface area contributed by atoms with Crippen molar-refractivity contribution in [3.05, 3.63) is 40.9 Å². The summed E-state index contributed by atoms with van der Waals surface area (Å²) in [6.45, 7) is 7.36. The topological polar surface area (TPSA) is 104 Å². The first-order valence-corrected chi connectivity index (χ1v) is 11.5. The Balaban J connectivity index is 1.49. The van der Waals surface area contributed by atoms with Crippen molar-refractivity contribution in [3.63, 3.8) is 0 Å². The van der Waals surface area contributed by atoms with Crippen molar-refractivity contribution in [2.75, 3.05) is 44.2 Å². The molecule has 8 nitrogen and oxygen atoms in total. The molecule has 152 valence electrons. The number of aliphatic imine (C=N–C) groups is 1. The predicted molar refractivity (Wildman–Crippen MR) is 113 cm³/mol. The lowest BCUT2D eigenvalue weighted by Gasteiger charge is -2.35. The van der Waals surface area contributed by atoms with Gasteiger partial charge in [-0.25, -0.2) is 18.1 Å². The molecule has 1 aromatic heterocycles. The molecule has 0 spiro atoms. The Bertz CT molecular complexity index is 920. The van der Waals surface area contributed by atoms with Crippen LogP contribution >= 0.6 is 11.3 Å². The summed E-state index contributed by atoms with van der Waals surface area (Å²) >= 11 is 1.63. The van der Waals surface area contributed by atoms with Gasteiger partial charge in [-0.1, -0.05) is 12.1 Å². The number of guanidine groups is 1. The third-order valence-corrected chi connectivity index (χ3v) is 7.04. The summed E-state index contributed by atoms with van der Waals surface area (Å²) in [5.74, 6) is 0.449. The Morgan fingerprint density at radius 3 is 2.71 bits per heavy atom. The number of piperazine rings is 1. The number of nitrogens with two attached hydrogens (primary N) is 1. The van der Waals surface area contributed by atoms with Gasteiger partial charge in [0.15, 0.2) is 11.1 Å². The summed E-state index contributed by atoms with van der Waals surface area (Å²) in [5, 5.41) is 2.99. The number of sulfonamides is 1. The van der Waals surface area contributed by atoms with Crippen molar-refractivity contribution in [1.29, 1.82) is 0 Å². The second kappa shape index (κ2) is 8.89. The molecule has 1 aliphatic rings. The standard InChI is InChI=1S/C18H26N6O2S2/c1-14-3-4-15(2)16(13-14)28(25,26)22-6-5-20-17(19)23-8-10-24(11-9-23)18-21-7-12-27-18/h3-4,7,12-13,22H,5-6,8-11H2,1-2H3,(H2,19,20). The summed E-state index contributed by atoms with van der Waals surface area (Å²) in [7, 11) is -3.55. The van der Waals surface area contributed by atoms with E-state index in [0.29, 0.717) is 17.4 Å². The van der Waals surface area contributed by atoms with E-state index in [2.05, 4.69) is 19.6 Å². The van der Waals surface area contributed by atoms with Crippen LogP contribution in [0.25, 0.3) is 0 Å². The fourth-order valence-corrected chi connectivity index (χ4v) is 5.07. The number of anilines is 1. The highest BCUT2D eigenvalue weighted by Gasteiger charge is 2.20. The van der Waals surface area contributed by atoms with Crippen molar-refractivity contribution < 1.29 is 8.42 Å². The molecule has 0 aliphatic carbocycles. The Morgan fingerprint density at radius 1 is 1.29 bits per heavy atom. The molecule has 3 rings (SSSR count). The minimum atomic E-state index is -3.55. The fourth-order valence-electron chi connectivity index (χ4n) is 3.02. The van der Waals surface area contributed by atoms with E-state index in [0.717, 1.165) is 42.4 Å². The Hall–Kier alpha value is -2.17. The van der Waals surface area contributed by atoms with Gasteiger partial charge in [0.05, 0.1) is 11.4 Å². The van der Waals surface area contributed by atoms with Gasteiger partial charge in [0.1, 0.15) is 0 Å². The number of nitrogens with one attached hydrogen (secondary N) is 1. The first-order valence-electron chi connectivity index (χ1n) is 9.13. The zero-order valence-electron chi connectivity index (χ0n) is 16.1. The van der Waals surface area contributed by atoms with Gasteiger partial charge in [-0.2, -0.15) is 0 Å². The van der Waals surface area contributed by atoms with E-state index in [1.165, 1.54) is 0 Å². The molecule has 1 aromatic carbocycles. The number of aromatic nitrogens is 1. The first-order chi connectivity index (χ1) is 13.4. The number of rotatable bonds is 6. The molecule has 2 heterocycles. The Morgan fingerprint density at radius 2 is 2.04 bits per heavy atom. The molecule has 0 radical (unpaired) electrons. The van der Waals surface area contributed by atoms with Crippen LogP contribution in [-0.4, -0.2) is 63.5 Å². The molecule has 1 fully saturated rings. The van der Waals surface area contributed by atoms with Crippen LogP contribution in [0.3, 0.4) is 0 Å². The number of hydrogen-bond acceptors (Lipinski definition) is 6. The van der Waals surface area contributed by atoms with E-state index in [9.17, 15) is 8.42 Å². The van der Waals surface area contributed by atoms with Crippen molar-refractivity contribution in [1.82, 2.24) is 14.6 Å². The van der Waals surface area contributed by atoms with Gasteiger partial charge < -0.3 is 15.5 Å². The van der Waals surface area contributed by atoms with Crippen LogP contribution < -0.4 is 15.4 Å². The smallest absolute Gasteiger partial charge is 0.240 e. The molecule has 0 atom stereocenters. The fraction of sp³-hybridized carbons (Fsp3) is 0.444. The molecule has 1 saturated heterocycles. The minimum absolute atomic E-state index is 0.204. The maximum atomic E-state index is 12.5. The summed E-state index contributed by atoms with van der Waals surface area (Å²) in [5.41, 5.74) is 7.71. The van der Waals surface area contributed by atoms with Crippen LogP contribution in [-0.2, 0) is 10.0 Å². The second-order valence-corrected chi connectivity index (χ2v) is 9.30. The van der Waals surface area contributed by atoms with Crippen molar-refractivity contribution in [2.24, 2.45) is 10.7 Å². The molecule has 3 N–H and O–H groups in total. The van der Waals surface area contributed by atoms with E-state index >= 15 is 0 Å². The van der Waals surface area contributed by atoms with E-state index in [1.807, 2.05) is 35.5 Å². The predicted octanol–water partition coefficient (Wildman–Crippen LogP) is 1.18. The normalized spacial score (nSPS) is 15.9. The molecule has 1 aliphatic heterocycles. The molecule has 28 heavy (non-hydrogen) atoms. The van der Waals surface area contributed by atoms with Gasteiger partial charge in [0, 0.05) is 44.3 Å². The SMILES string of the molecule is Cc1ccc(C)c(S(=O)(=O)NCCN=C(N)N2CCN(c3nccs3)CC2)c1. The van der Waals surface area contributed by atoms with Gasteiger partial charge in [-0.05, 0) is 31.0 Å². The number of nitrogens with zero attached hydrogens (tertiary/aromatic N) is 4. The quantitative estimate of drug-likeness (QED) is 0.412. The van der Waals surface area contributed by atoms with Crippen LogP contribution in [0, 0.1) is 13.8 Å². The average Bonchev–Trinajstić information content (AvgIpc) is 3.22. The van der Waals surface area contributed by atoms with Crippen LogP contribution in [0.15, 0.2) is 39.7 Å². The number of aryl methyl sites for hydroxylation is 2. The second-order valence-electron chi connectivity index (χ2n) is 6.70. The maximum Gasteiger partial charge on any atom is 0.240 e. The van der Waals surface area contributed by atoms with Gasteiger partial charge >= 0.3 is 0 Å². The minimum Gasteiger partial charge on any atom is -0.370 e. The van der Waals surface area contributed by atoms with E-state index in [4.69, 9.17) is 5.73 Å². The summed E-state index contributed by atoms with van der Waals surface area (Å²) in [6.07, 6.45) is 1.81. The van der Waals surface area contributed by atoms with Gasteiger partial charge in [0.25, 0.3) is 0 Å². The van der Waals surface area contributed by atoms with Crippen LogP contribution in [0.1, 0.15) is 11.1 Å². The third kappa shape index (κ3) is 5.00. The maximum absolute atomic E-state index is 12.5. The first kappa shape index (κ1) is 20.6. The third-order valence-electron chi connectivity index (χ3n) is 4.60. The molecule has 2 aromatic rings. The molecule has 0 saturated carbocycles. The van der Waals surface area contributed by atoms with Gasteiger partial charge in [-0.3, -0.25) is 4.99 Å².